The fraction of sp³-hybridized carbons (Fsp3) is 0.154. The maximum Gasteiger partial charge on any atom is 0.227 e. The summed E-state index contributed by atoms with van der Waals surface area (Å²) < 4.78 is 18.9. The largest absolute Gasteiger partial charge is 0.497 e. The minimum Gasteiger partial charge on any atom is -0.497 e. The molecule has 1 unspecified atom stereocenters. The van der Waals surface area contributed by atoms with E-state index >= 15 is 0 Å². The highest BCUT2D eigenvalue weighted by Gasteiger charge is 2.16. The molecular weight excluding hydrogens is 391 g/mol. The Labute approximate surface area is 180 Å². The Bertz CT molecular complexity index is 1240. The second-order valence-electron chi connectivity index (χ2n) is 7.42. The van der Waals surface area contributed by atoms with Crippen LogP contribution < -0.4 is 10.1 Å². The predicted octanol–water partition coefficient (Wildman–Crippen LogP) is 5.47. The van der Waals surface area contributed by atoms with Gasteiger partial charge in [-0.05, 0) is 64.9 Å². The molecule has 4 nitrogen and oxygen atoms in total. The summed E-state index contributed by atoms with van der Waals surface area (Å²) in [5.74, 6) is -0.152. The first-order valence-electron chi connectivity index (χ1n) is 10.1. The Hall–Kier alpha value is -3.73. The monoisotopic (exact) mass is 414 g/mol. The lowest BCUT2D eigenvalue weighted by Gasteiger charge is -2.15. The number of aromatic nitrogens is 1. The number of hydrogen-bond acceptors (Lipinski definition) is 3. The van der Waals surface area contributed by atoms with Crippen LogP contribution in [0.3, 0.4) is 0 Å². The highest BCUT2D eigenvalue weighted by Crippen LogP contribution is 2.32. The number of pyridine rings is 1. The molecule has 0 aliphatic carbocycles. The van der Waals surface area contributed by atoms with E-state index in [1.807, 2.05) is 42.6 Å². The summed E-state index contributed by atoms with van der Waals surface area (Å²) in [6.45, 7) is 2.13. The summed E-state index contributed by atoms with van der Waals surface area (Å²) in [4.78, 5) is 16.9. The van der Waals surface area contributed by atoms with E-state index in [1.54, 1.807) is 32.4 Å². The first-order chi connectivity index (χ1) is 15.1. The lowest BCUT2D eigenvalue weighted by molar-refractivity contribution is -0.122. The van der Waals surface area contributed by atoms with E-state index in [9.17, 15) is 9.18 Å². The quantitative estimate of drug-likeness (QED) is 0.455. The summed E-state index contributed by atoms with van der Waals surface area (Å²) in [7, 11) is 1.65. The van der Waals surface area contributed by atoms with Gasteiger partial charge in [-0.25, -0.2) is 4.39 Å². The molecule has 0 spiro atoms. The van der Waals surface area contributed by atoms with Gasteiger partial charge in [-0.2, -0.15) is 0 Å². The molecule has 0 radical (unpaired) electrons. The third-order valence-electron chi connectivity index (χ3n) is 5.48. The normalized spacial score (nSPS) is 11.8. The number of carbonyl (C=O) groups excluding carboxylic acids is 1. The lowest BCUT2D eigenvalue weighted by Crippen LogP contribution is -2.27. The van der Waals surface area contributed by atoms with Gasteiger partial charge in [0.1, 0.15) is 11.6 Å². The molecule has 1 amide bonds. The molecule has 0 fully saturated rings. The van der Waals surface area contributed by atoms with E-state index in [0.29, 0.717) is 12.1 Å². The number of nitrogens with one attached hydrogen (secondary N) is 1. The van der Waals surface area contributed by atoms with Crippen molar-refractivity contribution in [2.24, 2.45) is 0 Å². The molecule has 0 aliphatic heterocycles. The average molecular weight is 414 g/mol. The van der Waals surface area contributed by atoms with E-state index < -0.39 is 5.92 Å². The minimum absolute atomic E-state index is 0.153. The molecule has 5 heteroatoms. The van der Waals surface area contributed by atoms with Crippen LogP contribution in [-0.4, -0.2) is 18.0 Å². The first-order valence-corrected chi connectivity index (χ1v) is 10.1. The van der Waals surface area contributed by atoms with Gasteiger partial charge in [-0.3, -0.25) is 9.78 Å². The standard InChI is InChI=1S/C26H23FN2O2/c1-17(18-5-3-7-21(27)13-18)26(30)29-15-20-9-10-23(24-11-12-28-16-25(20)24)19-6-4-8-22(14-19)31-2/h3-14,16-17H,15H2,1-2H3,(H,29,30). The van der Waals surface area contributed by atoms with Crippen LogP contribution in [0.4, 0.5) is 4.39 Å². The Balaban J connectivity index is 1.60. The zero-order valence-corrected chi connectivity index (χ0v) is 17.4. The number of carbonyl (C=O) groups is 1. The molecule has 1 heterocycles. The number of amides is 1. The number of methoxy groups -OCH3 is 1. The summed E-state index contributed by atoms with van der Waals surface area (Å²) >= 11 is 0. The smallest absolute Gasteiger partial charge is 0.227 e. The third-order valence-corrected chi connectivity index (χ3v) is 5.48. The molecule has 0 saturated heterocycles. The summed E-state index contributed by atoms with van der Waals surface area (Å²) in [5.41, 5.74) is 3.73. The molecular formula is C26H23FN2O2. The Morgan fingerprint density at radius 2 is 1.90 bits per heavy atom. The Morgan fingerprint density at radius 1 is 1.06 bits per heavy atom. The van der Waals surface area contributed by atoms with Crippen molar-refractivity contribution < 1.29 is 13.9 Å². The topological polar surface area (TPSA) is 51.2 Å². The van der Waals surface area contributed by atoms with Crippen LogP contribution in [0.2, 0.25) is 0 Å². The molecule has 31 heavy (non-hydrogen) atoms. The van der Waals surface area contributed by atoms with Gasteiger partial charge in [-0.15, -0.1) is 0 Å². The number of fused-ring (bicyclic) bond motifs is 1. The van der Waals surface area contributed by atoms with Crippen molar-refractivity contribution in [3.63, 3.8) is 0 Å². The number of hydrogen-bond donors (Lipinski definition) is 1. The molecule has 4 aromatic rings. The summed E-state index contributed by atoms with van der Waals surface area (Å²) in [5, 5.41) is 5.00. The van der Waals surface area contributed by atoms with Gasteiger partial charge in [-0.1, -0.05) is 36.4 Å². The van der Waals surface area contributed by atoms with Crippen molar-refractivity contribution in [2.75, 3.05) is 7.11 Å². The molecule has 4 rings (SSSR count). The second-order valence-corrected chi connectivity index (χ2v) is 7.42. The zero-order chi connectivity index (χ0) is 21.8. The first kappa shape index (κ1) is 20.5. The van der Waals surface area contributed by atoms with E-state index in [2.05, 4.69) is 16.4 Å². The molecule has 156 valence electrons. The highest BCUT2D eigenvalue weighted by atomic mass is 19.1. The van der Waals surface area contributed by atoms with Crippen molar-refractivity contribution in [2.45, 2.75) is 19.4 Å². The van der Waals surface area contributed by atoms with Crippen LogP contribution in [0.1, 0.15) is 24.0 Å². The number of benzene rings is 3. The second kappa shape index (κ2) is 8.96. The van der Waals surface area contributed by atoms with Crippen LogP contribution in [0.5, 0.6) is 5.75 Å². The van der Waals surface area contributed by atoms with Crippen molar-refractivity contribution in [1.29, 1.82) is 0 Å². The van der Waals surface area contributed by atoms with Gasteiger partial charge in [0.05, 0.1) is 13.0 Å². The van der Waals surface area contributed by atoms with Crippen molar-refractivity contribution in [1.82, 2.24) is 10.3 Å². The number of nitrogens with zero attached hydrogens (tertiary/aromatic N) is 1. The molecule has 1 atom stereocenters. The Morgan fingerprint density at radius 3 is 2.71 bits per heavy atom. The van der Waals surface area contributed by atoms with Gasteiger partial charge in [0.25, 0.3) is 0 Å². The summed E-state index contributed by atoms with van der Waals surface area (Å²) in [6, 6.07) is 20.1. The van der Waals surface area contributed by atoms with Crippen molar-refractivity contribution >= 4 is 16.7 Å². The fourth-order valence-corrected chi connectivity index (χ4v) is 3.71. The number of rotatable bonds is 6. The van der Waals surface area contributed by atoms with Crippen LogP contribution in [0, 0.1) is 5.82 Å². The van der Waals surface area contributed by atoms with Crippen LogP contribution in [0.25, 0.3) is 21.9 Å². The molecule has 0 aliphatic rings. The minimum atomic E-state index is -0.448. The van der Waals surface area contributed by atoms with E-state index in [1.165, 1.54) is 12.1 Å². The van der Waals surface area contributed by atoms with Gasteiger partial charge < -0.3 is 10.1 Å². The lowest BCUT2D eigenvalue weighted by atomic mass is 9.96. The van der Waals surface area contributed by atoms with Crippen molar-refractivity contribution in [3.05, 3.63) is 96.1 Å². The van der Waals surface area contributed by atoms with Crippen molar-refractivity contribution in [3.8, 4) is 16.9 Å². The van der Waals surface area contributed by atoms with Gasteiger partial charge in [0.15, 0.2) is 0 Å². The molecule has 1 N–H and O–H groups in total. The van der Waals surface area contributed by atoms with Crippen LogP contribution in [-0.2, 0) is 11.3 Å². The van der Waals surface area contributed by atoms with Gasteiger partial charge in [0.2, 0.25) is 5.91 Å². The fourth-order valence-electron chi connectivity index (χ4n) is 3.71. The number of ether oxygens (including phenoxy) is 1. The van der Waals surface area contributed by atoms with E-state index in [0.717, 1.165) is 33.2 Å². The van der Waals surface area contributed by atoms with E-state index in [-0.39, 0.29) is 11.7 Å². The summed E-state index contributed by atoms with van der Waals surface area (Å²) in [6.07, 6.45) is 3.58. The molecule has 0 saturated carbocycles. The third kappa shape index (κ3) is 4.40. The van der Waals surface area contributed by atoms with Crippen LogP contribution >= 0.6 is 0 Å². The number of halogens is 1. The maximum atomic E-state index is 13.5. The predicted molar refractivity (Wildman–Crippen MR) is 120 cm³/mol. The molecule has 3 aromatic carbocycles. The SMILES string of the molecule is COc1cccc(-c2ccc(CNC(=O)C(C)c3cccc(F)c3)c3cnccc23)c1. The van der Waals surface area contributed by atoms with E-state index in [4.69, 9.17) is 4.74 Å². The average Bonchev–Trinajstić information content (AvgIpc) is 2.81. The van der Waals surface area contributed by atoms with Crippen LogP contribution in [0.15, 0.2) is 79.1 Å². The maximum absolute atomic E-state index is 13.5. The molecule has 0 bridgehead atoms. The van der Waals surface area contributed by atoms with Gasteiger partial charge in [0, 0.05) is 24.3 Å². The van der Waals surface area contributed by atoms with Gasteiger partial charge >= 0.3 is 0 Å². The molecule has 1 aromatic heterocycles. The highest BCUT2D eigenvalue weighted by molar-refractivity contribution is 5.98. The zero-order valence-electron chi connectivity index (χ0n) is 17.4. The Kier molecular flexibility index (Phi) is 5.94.